The van der Waals surface area contributed by atoms with Crippen LogP contribution in [0, 0.1) is 0 Å². The van der Waals surface area contributed by atoms with Crippen LogP contribution in [0.1, 0.15) is 16.1 Å². The van der Waals surface area contributed by atoms with Gasteiger partial charge in [-0.1, -0.05) is 18.2 Å². The van der Waals surface area contributed by atoms with Crippen molar-refractivity contribution < 1.29 is 14.3 Å². The number of benzene rings is 2. The fourth-order valence-electron chi connectivity index (χ4n) is 2.43. The maximum absolute atomic E-state index is 11.3. The SMILES string of the molecule is CN(C)c1ccc(N=Cc2ccc(-c3ccccc3C(=O)O)o2)cc1. The van der Waals surface area contributed by atoms with Crippen molar-refractivity contribution >= 4 is 23.6 Å². The maximum Gasteiger partial charge on any atom is 0.336 e. The topological polar surface area (TPSA) is 66.0 Å². The van der Waals surface area contributed by atoms with Crippen molar-refractivity contribution in [3.8, 4) is 11.3 Å². The van der Waals surface area contributed by atoms with E-state index in [-0.39, 0.29) is 5.56 Å². The van der Waals surface area contributed by atoms with Gasteiger partial charge in [-0.05, 0) is 42.5 Å². The number of hydrogen-bond donors (Lipinski definition) is 1. The Morgan fingerprint density at radius 3 is 2.44 bits per heavy atom. The standard InChI is InChI=1S/C20H18N2O3/c1-22(2)15-9-7-14(8-10-15)21-13-16-11-12-19(25-16)17-5-3-4-6-18(17)20(23)24/h3-13H,1-2H3,(H,23,24). The quantitative estimate of drug-likeness (QED) is 0.700. The van der Waals surface area contributed by atoms with Crippen molar-refractivity contribution in [1.29, 1.82) is 0 Å². The smallest absolute Gasteiger partial charge is 0.336 e. The van der Waals surface area contributed by atoms with Crippen LogP contribution in [0.5, 0.6) is 0 Å². The largest absolute Gasteiger partial charge is 0.478 e. The first-order valence-electron chi connectivity index (χ1n) is 7.78. The molecule has 1 aromatic heterocycles. The fourth-order valence-corrected chi connectivity index (χ4v) is 2.43. The number of nitrogens with zero attached hydrogens (tertiary/aromatic N) is 2. The molecule has 1 heterocycles. The van der Waals surface area contributed by atoms with Crippen molar-refractivity contribution in [3.63, 3.8) is 0 Å². The molecule has 0 aliphatic heterocycles. The summed E-state index contributed by atoms with van der Waals surface area (Å²) in [5.41, 5.74) is 2.67. The first-order valence-corrected chi connectivity index (χ1v) is 7.78. The van der Waals surface area contributed by atoms with Crippen LogP contribution in [0.2, 0.25) is 0 Å². The minimum atomic E-state index is -0.983. The monoisotopic (exact) mass is 334 g/mol. The van der Waals surface area contributed by atoms with Gasteiger partial charge in [0.1, 0.15) is 11.5 Å². The zero-order chi connectivity index (χ0) is 17.8. The molecule has 25 heavy (non-hydrogen) atoms. The third-order valence-electron chi connectivity index (χ3n) is 3.76. The minimum Gasteiger partial charge on any atom is -0.478 e. The van der Waals surface area contributed by atoms with E-state index in [1.807, 2.05) is 43.3 Å². The summed E-state index contributed by atoms with van der Waals surface area (Å²) in [5.74, 6) is 0.0810. The molecule has 0 bridgehead atoms. The zero-order valence-corrected chi connectivity index (χ0v) is 14.0. The molecule has 0 aliphatic carbocycles. The van der Waals surface area contributed by atoms with Gasteiger partial charge in [0, 0.05) is 25.3 Å². The van der Waals surface area contributed by atoms with E-state index in [9.17, 15) is 9.90 Å². The first-order chi connectivity index (χ1) is 12.0. The van der Waals surface area contributed by atoms with E-state index >= 15 is 0 Å². The Morgan fingerprint density at radius 1 is 1.04 bits per heavy atom. The summed E-state index contributed by atoms with van der Waals surface area (Å²) >= 11 is 0. The second-order valence-corrected chi connectivity index (χ2v) is 5.72. The molecule has 0 unspecified atom stereocenters. The Bertz CT molecular complexity index is 909. The van der Waals surface area contributed by atoms with Crippen LogP contribution in [0.4, 0.5) is 11.4 Å². The summed E-state index contributed by atoms with van der Waals surface area (Å²) in [4.78, 5) is 17.7. The van der Waals surface area contributed by atoms with Gasteiger partial charge in [-0.25, -0.2) is 4.79 Å². The predicted octanol–water partition coefficient (Wildman–Crippen LogP) is 4.46. The van der Waals surface area contributed by atoms with Crippen molar-refractivity contribution in [2.45, 2.75) is 0 Å². The minimum absolute atomic E-state index is 0.208. The average Bonchev–Trinajstić information content (AvgIpc) is 3.09. The Hall–Kier alpha value is -3.34. The number of aromatic carboxylic acids is 1. The number of hydrogen-bond acceptors (Lipinski definition) is 4. The molecule has 0 radical (unpaired) electrons. The van der Waals surface area contributed by atoms with Gasteiger partial charge in [-0.2, -0.15) is 0 Å². The van der Waals surface area contributed by atoms with E-state index in [0.717, 1.165) is 11.4 Å². The van der Waals surface area contributed by atoms with Crippen LogP contribution in [0.25, 0.3) is 11.3 Å². The molecule has 2 aromatic carbocycles. The molecule has 0 fully saturated rings. The molecule has 5 nitrogen and oxygen atoms in total. The summed E-state index contributed by atoms with van der Waals surface area (Å²) in [6, 6.07) is 18.1. The van der Waals surface area contributed by atoms with Gasteiger partial charge in [-0.3, -0.25) is 4.99 Å². The van der Waals surface area contributed by atoms with E-state index in [4.69, 9.17) is 4.42 Å². The highest BCUT2D eigenvalue weighted by molar-refractivity contribution is 5.95. The van der Waals surface area contributed by atoms with Crippen LogP contribution in [0.15, 0.2) is 70.1 Å². The van der Waals surface area contributed by atoms with Crippen molar-refractivity contribution in [2.24, 2.45) is 4.99 Å². The number of carbonyl (C=O) groups is 1. The van der Waals surface area contributed by atoms with E-state index in [0.29, 0.717) is 17.1 Å². The van der Waals surface area contributed by atoms with Crippen molar-refractivity contribution in [2.75, 3.05) is 19.0 Å². The van der Waals surface area contributed by atoms with Gasteiger partial charge in [0.05, 0.1) is 17.5 Å². The lowest BCUT2D eigenvalue weighted by atomic mass is 10.1. The second kappa shape index (κ2) is 7.05. The highest BCUT2D eigenvalue weighted by Gasteiger charge is 2.13. The molecule has 0 atom stereocenters. The molecule has 3 aromatic rings. The molecule has 0 spiro atoms. The Kier molecular flexibility index (Phi) is 4.66. The number of rotatable bonds is 5. The lowest BCUT2D eigenvalue weighted by Gasteiger charge is -2.11. The highest BCUT2D eigenvalue weighted by atomic mass is 16.4. The van der Waals surface area contributed by atoms with Crippen LogP contribution in [-0.4, -0.2) is 31.4 Å². The van der Waals surface area contributed by atoms with Gasteiger partial charge in [0.25, 0.3) is 0 Å². The zero-order valence-electron chi connectivity index (χ0n) is 14.0. The van der Waals surface area contributed by atoms with Crippen LogP contribution < -0.4 is 4.90 Å². The first kappa shape index (κ1) is 16.5. The number of anilines is 1. The second-order valence-electron chi connectivity index (χ2n) is 5.72. The van der Waals surface area contributed by atoms with Gasteiger partial charge in [-0.15, -0.1) is 0 Å². The van der Waals surface area contributed by atoms with Crippen LogP contribution >= 0.6 is 0 Å². The van der Waals surface area contributed by atoms with E-state index in [1.165, 1.54) is 0 Å². The summed E-state index contributed by atoms with van der Waals surface area (Å²) in [6.07, 6.45) is 1.62. The van der Waals surface area contributed by atoms with Crippen LogP contribution in [0.3, 0.4) is 0 Å². The van der Waals surface area contributed by atoms with E-state index in [2.05, 4.69) is 4.99 Å². The van der Waals surface area contributed by atoms with E-state index in [1.54, 1.807) is 42.6 Å². The molecule has 3 rings (SSSR count). The number of aliphatic imine (C=N–C) groups is 1. The molecule has 0 saturated carbocycles. The van der Waals surface area contributed by atoms with Crippen molar-refractivity contribution in [3.05, 3.63) is 72.0 Å². The molecule has 5 heteroatoms. The summed E-state index contributed by atoms with van der Waals surface area (Å²) in [6.45, 7) is 0. The van der Waals surface area contributed by atoms with Gasteiger partial charge in [0.15, 0.2) is 0 Å². The Labute approximate surface area is 145 Å². The lowest BCUT2D eigenvalue weighted by molar-refractivity contribution is 0.0697. The third-order valence-corrected chi connectivity index (χ3v) is 3.76. The Morgan fingerprint density at radius 2 is 1.76 bits per heavy atom. The molecule has 0 aliphatic rings. The predicted molar refractivity (Wildman–Crippen MR) is 99.1 cm³/mol. The molecule has 0 saturated heterocycles. The average molecular weight is 334 g/mol. The normalized spacial score (nSPS) is 11.0. The molecular weight excluding hydrogens is 316 g/mol. The lowest BCUT2D eigenvalue weighted by Crippen LogP contribution is -2.07. The molecule has 0 amide bonds. The van der Waals surface area contributed by atoms with Gasteiger partial charge < -0.3 is 14.4 Å². The fraction of sp³-hybridized carbons (Fsp3) is 0.100. The van der Waals surface area contributed by atoms with Gasteiger partial charge in [0.2, 0.25) is 0 Å². The summed E-state index contributed by atoms with van der Waals surface area (Å²) < 4.78 is 5.72. The Balaban J connectivity index is 1.81. The van der Waals surface area contributed by atoms with Gasteiger partial charge >= 0.3 is 5.97 Å². The number of carboxylic acids is 1. The van der Waals surface area contributed by atoms with E-state index < -0.39 is 5.97 Å². The number of furan rings is 1. The van der Waals surface area contributed by atoms with Crippen LogP contribution in [-0.2, 0) is 0 Å². The molecule has 1 N–H and O–H groups in total. The number of carboxylic acid groups (broad SMARTS) is 1. The summed E-state index contributed by atoms with van der Waals surface area (Å²) in [5, 5.41) is 9.28. The summed E-state index contributed by atoms with van der Waals surface area (Å²) in [7, 11) is 3.97. The third kappa shape index (κ3) is 3.77. The molecule has 126 valence electrons. The van der Waals surface area contributed by atoms with Crippen molar-refractivity contribution in [1.82, 2.24) is 0 Å². The highest BCUT2D eigenvalue weighted by Crippen LogP contribution is 2.26. The molecular formula is C20H18N2O3. The maximum atomic E-state index is 11.3.